The lowest BCUT2D eigenvalue weighted by Gasteiger charge is -2.34. The molecule has 1 saturated heterocycles. The van der Waals surface area contributed by atoms with Crippen molar-refractivity contribution in [3.05, 3.63) is 62.8 Å². The highest BCUT2D eigenvalue weighted by Crippen LogP contribution is 2.42. The molecule has 3 rings (SSSR count). The van der Waals surface area contributed by atoms with E-state index in [9.17, 15) is 14.4 Å². The number of carbonyl (C=O) groups excluding carboxylic acids is 1. The maximum Gasteiger partial charge on any atom is 0.347 e. The molecule has 0 spiro atoms. The van der Waals surface area contributed by atoms with Crippen LogP contribution in [0.2, 0.25) is 15.1 Å². The molecular weight excluding hydrogens is 506 g/mol. The van der Waals surface area contributed by atoms with Crippen molar-refractivity contribution < 1.29 is 14.4 Å². The molecular formula is C19H16Cl3FN4O2S2. The molecule has 0 bridgehead atoms. The molecule has 0 saturated carbocycles. The number of halogens is 4. The van der Waals surface area contributed by atoms with E-state index in [2.05, 4.69) is 10.4 Å². The van der Waals surface area contributed by atoms with Crippen LogP contribution in [0.15, 0.2) is 41.5 Å². The maximum atomic E-state index is 14.1. The summed E-state index contributed by atoms with van der Waals surface area (Å²) in [6.07, 6.45) is 0.207. The number of thioether (sulfide) groups is 1. The van der Waals surface area contributed by atoms with Gasteiger partial charge in [0.05, 0.1) is 26.0 Å². The molecule has 6 nitrogen and oxygen atoms in total. The molecule has 1 atom stereocenters. The van der Waals surface area contributed by atoms with Gasteiger partial charge in [-0.1, -0.05) is 64.8 Å². The van der Waals surface area contributed by atoms with E-state index in [-0.39, 0.29) is 15.6 Å². The smallest absolute Gasteiger partial charge is 0.306 e. The Labute approximate surface area is 202 Å². The third-order valence-electron chi connectivity index (χ3n) is 4.31. The Morgan fingerprint density at radius 2 is 2.00 bits per heavy atom. The number of nitrogens with one attached hydrogen (secondary N) is 1. The summed E-state index contributed by atoms with van der Waals surface area (Å²) in [6, 6.07) is 7.90. The van der Waals surface area contributed by atoms with Crippen molar-refractivity contribution in [2.24, 2.45) is 5.10 Å². The molecule has 0 aromatic heterocycles. The van der Waals surface area contributed by atoms with Crippen LogP contribution in [0.25, 0.3) is 0 Å². The van der Waals surface area contributed by atoms with Gasteiger partial charge in [-0.15, -0.1) is 0 Å². The summed E-state index contributed by atoms with van der Waals surface area (Å²) in [6.45, 7) is 3.58. The SMILES string of the molecule is CC1(C)SC(=S)N(N=Cc2c(F)cccc2Cl)C1N(O)C(=O)Nc1ccc(Cl)c(Cl)c1. The van der Waals surface area contributed by atoms with Gasteiger partial charge in [0.1, 0.15) is 5.82 Å². The quantitative estimate of drug-likeness (QED) is 0.209. The molecule has 2 aromatic rings. The molecule has 1 heterocycles. The molecule has 1 fully saturated rings. The van der Waals surface area contributed by atoms with E-state index < -0.39 is 22.8 Å². The summed E-state index contributed by atoms with van der Waals surface area (Å²) in [5.74, 6) is -0.567. The lowest BCUT2D eigenvalue weighted by molar-refractivity contribution is -0.114. The number of benzene rings is 2. The Bertz CT molecular complexity index is 1050. The van der Waals surface area contributed by atoms with Gasteiger partial charge in [-0.25, -0.2) is 14.2 Å². The van der Waals surface area contributed by atoms with Gasteiger partial charge in [-0.2, -0.15) is 10.2 Å². The number of anilines is 1. The first-order valence-electron chi connectivity index (χ1n) is 8.75. The first-order chi connectivity index (χ1) is 14.5. The summed E-state index contributed by atoms with van der Waals surface area (Å²) >= 11 is 24.5. The molecule has 2 N–H and O–H groups in total. The van der Waals surface area contributed by atoms with Crippen molar-refractivity contribution in [3.8, 4) is 0 Å². The lowest BCUT2D eigenvalue weighted by Crippen LogP contribution is -2.54. The van der Waals surface area contributed by atoms with E-state index in [4.69, 9.17) is 47.0 Å². The zero-order valence-corrected chi connectivity index (χ0v) is 20.0. The van der Waals surface area contributed by atoms with Gasteiger partial charge in [0.2, 0.25) is 0 Å². The van der Waals surface area contributed by atoms with Crippen LogP contribution in [0.5, 0.6) is 0 Å². The number of urea groups is 1. The van der Waals surface area contributed by atoms with Crippen molar-refractivity contribution in [1.29, 1.82) is 0 Å². The highest BCUT2D eigenvalue weighted by molar-refractivity contribution is 8.24. The normalized spacial score (nSPS) is 18.0. The van der Waals surface area contributed by atoms with E-state index in [0.29, 0.717) is 20.1 Å². The molecule has 164 valence electrons. The number of thiocarbonyl (C=S) groups is 1. The Morgan fingerprint density at radius 1 is 1.29 bits per heavy atom. The number of rotatable bonds is 4. The van der Waals surface area contributed by atoms with Crippen molar-refractivity contribution in [3.63, 3.8) is 0 Å². The minimum atomic E-state index is -0.991. The van der Waals surface area contributed by atoms with Gasteiger partial charge in [0.15, 0.2) is 10.5 Å². The Balaban J connectivity index is 1.86. The number of nitrogens with zero attached hydrogens (tertiary/aromatic N) is 3. The first-order valence-corrected chi connectivity index (χ1v) is 11.1. The van der Waals surface area contributed by atoms with E-state index in [1.54, 1.807) is 13.8 Å². The second-order valence-corrected chi connectivity index (χ2v) is 10.5. The minimum Gasteiger partial charge on any atom is -0.306 e. The number of hydrogen-bond acceptors (Lipinski definition) is 5. The molecule has 0 radical (unpaired) electrons. The van der Waals surface area contributed by atoms with Crippen LogP contribution in [0.3, 0.4) is 0 Å². The van der Waals surface area contributed by atoms with Crippen molar-refractivity contribution in [2.45, 2.75) is 24.8 Å². The number of hydrogen-bond donors (Lipinski definition) is 2. The number of hydrazone groups is 1. The van der Waals surface area contributed by atoms with Gasteiger partial charge in [-0.3, -0.25) is 5.21 Å². The van der Waals surface area contributed by atoms with Crippen LogP contribution in [0.4, 0.5) is 14.9 Å². The summed E-state index contributed by atoms with van der Waals surface area (Å²) in [5, 5.41) is 19.9. The summed E-state index contributed by atoms with van der Waals surface area (Å²) in [5.41, 5.74) is 0.392. The van der Waals surface area contributed by atoms with Crippen LogP contribution in [0, 0.1) is 5.82 Å². The molecule has 1 unspecified atom stereocenters. The van der Waals surface area contributed by atoms with E-state index >= 15 is 0 Å². The van der Waals surface area contributed by atoms with Crippen molar-refractivity contribution >= 4 is 81.0 Å². The fourth-order valence-corrected chi connectivity index (χ4v) is 5.14. The van der Waals surface area contributed by atoms with Gasteiger partial charge in [0.25, 0.3) is 0 Å². The minimum absolute atomic E-state index is 0.0603. The fourth-order valence-electron chi connectivity index (χ4n) is 2.85. The summed E-state index contributed by atoms with van der Waals surface area (Å²) in [7, 11) is 0. The van der Waals surface area contributed by atoms with Crippen LogP contribution >= 0.6 is 58.8 Å². The van der Waals surface area contributed by atoms with Crippen LogP contribution < -0.4 is 5.32 Å². The highest BCUT2D eigenvalue weighted by Gasteiger charge is 2.50. The summed E-state index contributed by atoms with van der Waals surface area (Å²) < 4.78 is 13.6. The molecule has 2 amide bonds. The second kappa shape index (κ2) is 9.48. The van der Waals surface area contributed by atoms with Gasteiger partial charge >= 0.3 is 6.03 Å². The van der Waals surface area contributed by atoms with Crippen LogP contribution in [-0.4, -0.2) is 42.8 Å². The fraction of sp³-hybridized carbons (Fsp3) is 0.211. The zero-order valence-electron chi connectivity index (χ0n) is 16.1. The van der Waals surface area contributed by atoms with Gasteiger partial charge in [-0.05, 0) is 44.2 Å². The molecule has 1 aliphatic rings. The summed E-state index contributed by atoms with van der Waals surface area (Å²) in [4.78, 5) is 12.7. The van der Waals surface area contributed by atoms with Crippen molar-refractivity contribution in [2.75, 3.05) is 5.32 Å². The second-order valence-electron chi connectivity index (χ2n) is 6.97. The standard InChI is InChI=1S/C19H16Cl3FN4O2S2/c1-19(2)16(27(29)17(28)25-10-6-7-13(21)14(22)8-10)26(18(30)31-19)24-9-11-12(20)4-3-5-15(11)23/h3-9,16,29H,1-2H3,(H,25,28). The van der Waals surface area contributed by atoms with Crippen LogP contribution in [-0.2, 0) is 0 Å². The lowest BCUT2D eigenvalue weighted by atomic mass is 10.1. The Kier molecular flexibility index (Phi) is 7.35. The molecule has 31 heavy (non-hydrogen) atoms. The monoisotopic (exact) mass is 520 g/mol. The first kappa shape index (κ1) is 24.0. The van der Waals surface area contributed by atoms with Gasteiger partial charge < -0.3 is 5.32 Å². The Hall–Kier alpha value is -1.62. The predicted octanol–water partition coefficient (Wildman–Crippen LogP) is 6.48. The third kappa shape index (κ3) is 5.24. The van der Waals surface area contributed by atoms with E-state index in [1.165, 1.54) is 59.4 Å². The molecule has 12 heteroatoms. The largest absolute Gasteiger partial charge is 0.347 e. The maximum absolute atomic E-state index is 14.1. The highest BCUT2D eigenvalue weighted by atomic mass is 35.5. The number of carbonyl (C=O) groups is 1. The molecule has 0 aliphatic carbocycles. The van der Waals surface area contributed by atoms with E-state index in [0.717, 1.165) is 0 Å². The van der Waals surface area contributed by atoms with Crippen molar-refractivity contribution in [1.82, 2.24) is 10.1 Å². The average molecular weight is 522 g/mol. The topological polar surface area (TPSA) is 68.2 Å². The van der Waals surface area contributed by atoms with Crippen LogP contribution in [0.1, 0.15) is 19.4 Å². The van der Waals surface area contributed by atoms with E-state index in [1.807, 2.05) is 0 Å². The predicted molar refractivity (Wildman–Crippen MR) is 128 cm³/mol. The number of hydroxylamine groups is 2. The zero-order chi connectivity index (χ0) is 22.9. The van der Waals surface area contributed by atoms with Gasteiger partial charge in [0, 0.05) is 11.3 Å². The Morgan fingerprint density at radius 3 is 2.65 bits per heavy atom. The number of amides is 2. The third-order valence-corrected chi connectivity index (χ3v) is 6.92. The molecule has 1 aliphatic heterocycles. The average Bonchev–Trinajstić information content (AvgIpc) is 2.91. The molecule has 2 aromatic carbocycles.